The molecule has 1 aromatic heterocycles. The summed E-state index contributed by atoms with van der Waals surface area (Å²) < 4.78 is 27.0. The maximum atomic E-state index is 12.1. The van der Waals surface area contributed by atoms with Crippen molar-refractivity contribution >= 4 is 37.3 Å². The Kier molecular flexibility index (Phi) is 4.34. The third-order valence-electron chi connectivity index (χ3n) is 2.00. The van der Waals surface area contributed by atoms with Gasteiger partial charge >= 0.3 is 0 Å². The molecule has 0 saturated carbocycles. The Morgan fingerprint density at radius 3 is 2.40 bits per heavy atom. The molecular formula is C9H14BrNO2S2. The number of nitrogens with zero attached hydrogens (tertiary/aromatic N) is 1. The van der Waals surface area contributed by atoms with Crippen LogP contribution in [-0.4, -0.2) is 25.3 Å². The molecule has 0 atom stereocenters. The second-order valence-corrected chi connectivity index (χ2v) is 7.94. The molecule has 0 unspecified atom stereocenters. The zero-order valence-corrected chi connectivity index (χ0v) is 12.1. The zero-order valence-electron chi connectivity index (χ0n) is 8.90. The first-order valence-electron chi connectivity index (χ1n) is 4.66. The molecule has 0 fully saturated rings. The molecule has 0 amide bonds. The molecule has 1 heterocycles. The van der Waals surface area contributed by atoms with Gasteiger partial charge in [-0.1, -0.05) is 6.92 Å². The Balaban J connectivity index is 3.12. The predicted octanol–water partition coefficient (Wildman–Crippen LogP) is 2.93. The minimum Gasteiger partial charge on any atom is -0.206 e. The average molecular weight is 312 g/mol. The maximum Gasteiger partial charge on any atom is 0.252 e. The number of rotatable bonds is 4. The summed E-state index contributed by atoms with van der Waals surface area (Å²) in [6.45, 7) is 6.10. The van der Waals surface area contributed by atoms with Crippen LogP contribution in [0.5, 0.6) is 0 Å². The van der Waals surface area contributed by atoms with E-state index in [-0.39, 0.29) is 6.04 Å². The van der Waals surface area contributed by atoms with Gasteiger partial charge in [0.05, 0.1) is 3.79 Å². The van der Waals surface area contributed by atoms with Gasteiger partial charge in [-0.2, -0.15) is 4.31 Å². The molecule has 0 aromatic carbocycles. The van der Waals surface area contributed by atoms with Crippen molar-refractivity contribution < 1.29 is 8.42 Å². The maximum absolute atomic E-state index is 12.1. The SMILES string of the molecule is CCN(C(C)C)S(=O)(=O)c1ccc(Br)s1. The van der Waals surface area contributed by atoms with E-state index >= 15 is 0 Å². The van der Waals surface area contributed by atoms with Crippen LogP contribution in [-0.2, 0) is 10.0 Å². The van der Waals surface area contributed by atoms with Gasteiger partial charge in [-0.25, -0.2) is 8.42 Å². The highest BCUT2D eigenvalue weighted by Crippen LogP contribution is 2.29. The zero-order chi connectivity index (χ0) is 11.6. The molecule has 0 radical (unpaired) electrons. The summed E-state index contributed by atoms with van der Waals surface area (Å²) in [7, 11) is -3.31. The summed E-state index contributed by atoms with van der Waals surface area (Å²) in [5, 5.41) is 0. The molecule has 0 aliphatic heterocycles. The standard InChI is InChI=1S/C9H14BrNO2S2/c1-4-11(7(2)3)15(12,13)9-6-5-8(10)14-9/h5-7H,4H2,1-3H3. The summed E-state index contributed by atoms with van der Waals surface area (Å²) in [4.78, 5) is 0. The quantitative estimate of drug-likeness (QED) is 0.857. The topological polar surface area (TPSA) is 37.4 Å². The van der Waals surface area contributed by atoms with Crippen molar-refractivity contribution in [1.29, 1.82) is 0 Å². The van der Waals surface area contributed by atoms with E-state index in [9.17, 15) is 8.42 Å². The van der Waals surface area contributed by atoms with E-state index in [1.54, 1.807) is 12.1 Å². The monoisotopic (exact) mass is 311 g/mol. The van der Waals surface area contributed by atoms with Gasteiger partial charge in [0.2, 0.25) is 0 Å². The van der Waals surface area contributed by atoms with Crippen LogP contribution in [0.15, 0.2) is 20.1 Å². The Labute approximate surface area is 103 Å². The first-order valence-corrected chi connectivity index (χ1v) is 7.71. The van der Waals surface area contributed by atoms with Gasteiger partial charge in [-0.05, 0) is 41.9 Å². The fourth-order valence-electron chi connectivity index (χ4n) is 1.36. The molecule has 0 spiro atoms. The lowest BCUT2D eigenvalue weighted by Crippen LogP contribution is -2.36. The molecule has 3 nitrogen and oxygen atoms in total. The molecule has 0 aliphatic carbocycles. The van der Waals surface area contributed by atoms with Crippen LogP contribution < -0.4 is 0 Å². The highest BCUT2D eigenvalue weighted by Gasteiger charge is 2.26. The van der Waals surface area contributed by atoms with Gasteiger partial charge in [-0.15, -0.1) is 11.3 Å². The van der Waals surface area contributed by atoms with Crippen molar-refractivity contribution in [2.45, 2.75) is 31.0 Å². The van der Waals surface area contributed by atoms with Gasteiger partial charge in [0, 0.05) is 12.6 Å². The first kappa shape index (κ1) is 13.2. The van der Waals surface area contributed by atoms with Crippen LogP contribution in [0.2, 0.25) is 0 Å². The third-order valence-corrected chi connectivity index (χ3v) is 6.24. The lowest BCUT2D eigenvalue weighted by molar-refractivity contribution is 0.370. The highest BCUT2D eigenvalue weighted by molar-refractivity contribution is 9.11. The summed E-state index contributed by atoms with van der Waals surface area (Å²) in [5.74, 6) is 0. The summed E-state index contributed by atoms with van der Waals surface area (Å²) in [6, 6.07) is 3.38. The normalized spacial score (nSPS) is 12.7. The van der Waals surface area contributed by atoms with Gasteiger partial charge in [0.25, 0.3) is 10.0 Å². The van der Waals surface area contributed by atoms with E-state index in [1.165, 1.54) is 15.6 Å². The fourth-order valence-corrected chi connectivity index (χ4v) is 5.15. The Morgan fingerprint density at radius 1 is 1.47 bits per heavy atom. The largest absolute Gasteiger partial charge is 0.252 e. The molecular weight excluding hydrogens is 298 g/mol. The van der Waals surface area contributed by atoms with E-state index < -0.39 is 10.0 Å². The predicted molar refractivity (Wildman–Crippen MR) is 66.7 cm³/mol. The minimum absolute atomic E-state index is 0.0131. The number of sulfonamides is 1. The van der Waals surface area contributed by atoms with Crippen LogP contribution in [0, 0.1) is 0 Å². The summed E-state index contributed by atoms with van der Waals surface area (Å²) in [6.07, 6.45) is 0. The van der Waals surface area contributed by atoms with Gasteiger partial charge in [0.1, 0.15) is 4.21 Å². The van der Waals surface area contributed by atoms with E-state index in [1.807, 2.05) is 20.8 Å². The Bertz CT molecular complexity index is 425. The van der Waals surface area contributed by atoms with Crippen molar-refractivity contribution in [2.24, 2.45) is 0 Å². The molecule has 15 heavy (non-hydrogen) atoms. The molecule has 86 valence electrons. The smallest absolute Gasteiger partial charge is 0.206 e. The average Bonchev–Trinajstić information content (AvgIpc) is 2.52. The third kappa shape index (κ3) is 2.81. The van der Waals surface area contributed by atoms with Crippen LogP contribution in [0.25, 0.3) is 0 Å². The van der Waals surface area contributed by atoms with Crippen molar-refractivity contribution in [3.05, 3.63) is 15.9 Å². The van der Waals surface area contributed by atoms with Crippen LogP contribution in [0.1, 0.15) is 20.8 Å². The molecule has 6 heteroatoms. The molecule has 0 aliphatic rings. The Morgan fingerprint density at radius 2 is 2.07 bits per heavy atom. The number of halogens is 1. The van der Waals surface area contributed by atoms with E-state index in [0.29, 0.717) is 10.8 Å². The first-order chi connectivity index (χ1) is 6.89. The van der Waals surface area contributed by atoms with E-state index in [0.717, 1.165) is 3.79 Å². The molecule has 1 aromatic rings. The van der Waals surface area contributed by atoms with Crippen LogP contribution in [0.4, 0.5) is 0 Å². The van der Waals surface area contributed by atoms with Gasteiger partial charge in [-0.3, -0.25) is 0 Å². The molecule has 0 N–H and O–H groups in total. The second-order valence-electron chi connectivity index (χ2n) is 3.36. The molecule has 1 rings (SSSR count). The summed E-state index contributed by atoms with van der Waals surface area (Å²) in [5.41, 5.74) is 0. The highest BCUT2D eigenvalue weighted by atomic mass is 79.9. The van der Waals surface area contributed by atoms with E-state index in [4.69, 9.17) is 0 Å². The van der Waals surface area contributed by atoms with Crippen LogP contribution in [0.3, 0.4) is 0 Å². The summed E-state index contributed by atoms with van der Waals surface area (Å²) >= 11 is 4.51. The lowest BCUT2D eigenvalue weighted by atomic mass is 10.4. The molecule has 0 saturated heterocycles. The van der Waals surface area contributed by atoms with Crippen molar-refractivity contribution in [2.75, 3.05) is 6.54 Å². The number of thiophene rings is 1. The van der Waals surface area contributed by atoms with Gasteiger partial charge in [0.15, 0.2) is 0 Å². The van der Waals surface area contributed by atoms with Crippen molar-refractivity contribution in [3.8, 4) is 0 Å². The minimum atomic E-state index is -3.31. The number of hydrogen-bond donors (Lipinski definition) is 0. The fraction of sp³-hybridized carbons (Fsp3) is 0.556. The Hall–Kier alpha value is 0.0900. The second kappa shape index (κ2) is 4.95. The lowest BCUT2D eigenvalue weighted by Gasteiger charge is -2.23. The van der Waals surface area contributed by atoms with Gasteiger partial charge < -0.3 is 0 Å². The van der Waals surface area contributed by atoms with Crippen molar-refractivity contribution in [3.63, 3.8) is 0 Å². The number of hydrogen-bond acceptors (Lipinski definition) is 3. The van der Waals surface area contributed by atoms with Crippen LogP contribution >= 0.6 is 27.3 Å². The van der Waals surface area contributed by atoms with E-state index in [2.05, 4.69) is 15.9 Å². The van der Waals surface area contributed by atoms with Crippen molar-refractivity contribution in [1.82, 2.24) is 4.31 Å². The molecule has 0 bridgehead atoms.